The number of pyridine rings is 1. The highest BCUT2D eigenvalue weighted by Gasteiger charge is 2.29. The molecule has 4 heteroatoms. The van der Waals surface area contributed by atoms with E-state index in [9.17, 15) is 9.90 Å². The van der Waals surface area contributed by atoms with Crippen LogP contribution in [-0.2, 0) is 12.8 Å². The van der Waals surface area contributed by atoms with E-state index in [0.717, 1.165) is 30.5 Å². The number of fused-ring (bicyclic) bond motifs is 1. The molecule has 96 valence electrons. The van der Waals surface area contributed by atoms with Crippen LogP contribution >= 0.6 is 0 Å². The third-order valence-corrected chi connectivity index (χ3v) is 3.97. The molecule has 3 rings (SSSR count). The van der Waals surface area contributed by atoms with Crippen molar-refractivity contribution in [2.45, 2.75) is 45.1 Å². The van der Waals surface area contributed by atoms with E-state index in [0.29, 0.717) is 23.3 Å². The Morgan fingerprint density at radius 2 is 2.28 bits per heavy atom. The summed E-state index contributed by atoms with van der Waals surface area (Å²) >= 11 is 0. The lowest BCUT2D eigenvalue weighted by atomic mass is 10.1. The van der Waals surface area contributed by atoms with Gasteiger partial charge in [0.25, 0.3) is 0 Å². The zero-order chi connectivity index (χ0) is 12.7. The number of rotatable bonds is 4. The lowest BCUT2D eigenvalue weighted by molar-refractivity contribution is 0.0697. The van der Waals surface area contributed by atoms with Gasteiger partial charge in [-0.15, -0.1) is 0 Å². The van der Waals surface area contributed by atoms with Gasteiger partial charge < -0.3 is 10.4 Å². The molecule has 0 aliphatic heterocycles. The van der Waals surface area contributed by atoms with Crippen molar-refractivity contribution < 1.29 is 9.90 Å². The quantitative estimate of drug-likeness (QED) is 0.856. The SMILES string of the molecule is CC(Nc1nc2c(cc1C(=O)O)CCC2)C1CC1. The average molecular weight is 246 g/mol. The van der Waals surface area contributed by atoms with Crippen LogP contribution < -0.4 is 5.32 Å². The predicted molar refractivity (Wildman–Crippen MR) is 69.0 cm³/mol. The van der Waals surface area contributed by atoms with Crippen LogP contribution in [0.2, 0.25) is 0 Å². The van der Waals surface area contributed by atoms with E-state index >= 15 is 0 Å². The summed E-state index contributed by atoms with van der Waals surface area (Å²) in [5, 5.41) is 12.6. The molecule has 1 aromatic heterocycles. The van der Waals surface area contributed by atoms with Crippen LogP contribution in [0.4, 0.5) is 5.82 Å². The Morgan fingerprint density at radius 3 is 2.94 bits per heavy atom. The number of carboxylic acids is 1. The van der Waals surface area contributed by atoms with Gasteiger partial charge in [0.2, 0.25) is 0 Å². The maximum absolute atomic E-state index is 11.3. The number of aromatic carboxylic acids is 1. The van der Waals surface area contributed by atoms with Gasteiger partial charge in [0.05, 0.1) is 0 Å². The molecule has 0 radical (unpaired) electrons. The van der Waals surface area contributed by atoms with Crippen molar-refractivity contribution in [2.75, 3.05) is 5.32 Å². The minimum Gasteiger partial charge on any atom is -0.478 e. The molecule has 0 bridgehead atoms. The fourth-order valence-electron chi connectivity index (χ4n) is 2.67. The molecule has 0 spiro atoms. The van der Waals surface area contributed by atoms with E-state index in [1.165, 1.54) is 12.8 Å². The lowest BCUT2D eigenvalue weighted by Crippen LogP contribution is -2.21. The van der Waals surface area contributed by atoms with Crippen LogP contribution in [0.5, 0.6) is 0 Å². The van der Waals surface area contributed by atoms with E-state index in [4.69, 9.17) is 0 Å². The van der Waals surface area contributed by atoms with Crippen LogP contribution in [0.25, 0.3) is 0 Å². The third kappa shape index (κ3) is 2.07. The van der Waals surface area contributed by atoms with Gasteiger partial charge in [-0.1, -0.05) is 0 Å². The molecule has 18 heavy (non-hydrogen) atoms. The first-order valence-electron chi connectivity index (χ1n) is 6.68. The molecular formula is C14H18N2O2. The Bertz CT molecular complexity index is 495. The van der Waals surface area contributed by atoms with Gasteiger partial charge in [-0.3, -0.25) is 0 Å². The summed E-state index contributed by atoms with van der Waals surface area (Å²) in [6, 6.07) is 2.12. The summed E-state index contributed by atoms with van der Waals surface area (Å²) in [4.78, 5) is 15.8. The first-order valence-corrected chi connectivity index (χ1v) is 6.68. The number of aromatic nitrogens is 1. The van der Waals surface area contributed by atoms with Crippen molar-refractivity contribution in [2.24, 2.45) is 5.92 Å². The second-order valence-electron chi connectivity index (χ2n) is 5.42. The summed E-state index contributed by atoms with van der Waals surface area (Å²) in [5.41, 5.74) is 2.51. The highest BCUT2D eigenvalue weighted by Crippen LogP contribution is 2.34. The van der Waals surface area contributed by atoms with Crippen molar-refractivity contribution in [1.82, 2.24) is 4.98 Å². The summed E-state index contributed by atoms with van der Waals surface area (Å²) in [6.07, 6.45) is 5.49. The number of aryl methyl sites for hydroxylation is 2. The number of carbonyl (C=O) groups is 1. The Hall–Kier alpha value is -1.58. The molecular weight excluding hydrogens is 228 g/mol. The minimum atomic E-state index is -0.886. The summed E-state index contributed by atoms with van der Waals surface area (Å²) in [7, 11) is 0. The second kappa shape index (κ2) is 4.26. The molecule has 1 heterocycles. The van der Waals surface area contributed by atoms with Gasteiger partial charge >= 0.3 is 5.97 Å². The molecule has 2 aliphatic rings. The highest BCUT2D eigenvalue weighted by molar-refractivity contribution is 5.93. The van der Waals surface area contributed by atoms with Crippen LogP contribution in [0.3, 0.4) is 0 Å². The minimum absolute atomic E-state index is 0.315. The maximum atomic E-state index is 11.3. The summed E-state index contributed by atoms with van der Waals surface area (Å²) in [6.45, 7) is 2.11. The number of anilines is 1. The first kappa shape index (κ1) is 11.5. The van der Waals surface area contributed by atoms with Crippen molar-refractivity contribution in [3.63, 3.8) is 0 Å². The molecule has 0 saturated heterocycles. The molecule has 1 aromatic rings. The van der Waals surface area contributed by atoms with Crippen molar-refractivity contribution in [1.29, 1.82) is 0 Å². The summed E-state index contributed by atoms with van der Waals surface area (Å²) in [5.74, 6) is 0.354. The smallest absolute Gasteiger partial charge is 0.339 e. The molecule has 0 aromatic carbocycles. The standard InChI is InChI=1S/C14H18N2O2/c1-8(9-5-6-9)15-13-11(14(17)18)7-10-3-2-4-12(10)16-13/h7-9H,2-6H2,1H3,(H,15,16)(H,17,18). The van der Waals surface area contributed by atoms with Crippen LogP contribution in [0, 0.1) is 5.92 Å². The largest absolute Gasteiger partial charge is 0.478 e. The number of hydrogen-bond donors (Lipinski definition) is 2. The molecule has 2 N–H and O–H groups in total. The fourth-order valence-corrected chi connectivity index (χ4v) is 2.67. The van der Waals surface area contributed by atoms with Crippen LogP contribution in [0.1, 0.15) is 47.8 Å². The Morgan fingerprint density at radius 1 is 1.50 bits per heavy atom. The molecule has 1 unspecified atom stereocenters. The summed E-state index contributed by atoms with van der Waals surface area (Å²) < 4.78 is 0. The molecule has 1 saturated carbocycles. The van der Waals surface area contributed by atoms with Gasteiger partial charge in [-0.2, -0.15) is 0 Å². The van der Waals surface area contributed by atoms with E-state index < -0.39 is 5.97 Å². The van der Waals surface area contributed by atoms with Gasteiger partial charge in [0.15, 0.2) is 0 Å². The fraction of sp³-hybridized carbons (Fsp3) is 0.571. The second-order valence-corrected chi connectivity index (χ2v) is 5.42. The van der Waals surface area contributed by atoms with E-state index in [1.807, 2.05) is 0 Å². The molecule has 1 atom stereocenters. The van der Waals surface area contributed by atoms with Gasteiger partial charge in [-0.05, 0) is 56.6 Å². The first-order chi connectivity index (χ1) is 8.65. The molecule has 2 aliphatic carbocycles. The Labute approximate surface area is 106 Å². The van der Waals surface area contributed by atoms with E-state index in [2.05, 4.69) is 17.2 Å². The zero-order valence-electron chi connectivity index (χ0n) is 10.6. The monoisotopic (exact) mass is 246 g/mol. The Kier molecular flexibility index (Phi) is 2.73. The Balaban J connectivity index is 1.92. The number of nitrogens with one attached hydrogen (secondary N) is 1. The predicted octanol–water partition coefficient (Wildman–Crippen LogP) is 2.48. The van der Waals surface area contributed by atoms with Gasteiger partial charge in [0, 0.05) is 11.7 Å². The number of nitrogens with zero attached hydrogens (tertiary/aromatic N) is 1. The van der Waals surface area contributed by atoms with Gasteiger partial charge in [0.1, 0.15) is 11.4 Å². The van der Waals surface area contributed by atoms with Crippen LogP contribution in [-0.4, -0.2) is 22.1 Å². The average Bonchev–Trinajstić information content (AvgIpc) is 3.08. The number of hydrogen-bond acceptors (Lipinski definition) is 3. The normalized spacial score (nSPS) is 19.4. The molecule has 1 fully saturated rings. The van der Waals surface area contributed by atoms with E-state index in [1.54, 1.807) is 6.07 Å². The topological polar surface area (TPSA) is 62.2 Å². The van der Waals surface area contributed by atoms with Gasteiger partial charge in [-0.25, -0.2) is 9.78 Å². The highest BCUT2D eigenvalue weighted by atomic mass is 16.4. The van der Waals surface area contributed by atoms with Crippen molar-refractivity contribution in [3.05, 3.63) is 22.9 Å². The lowest BCUT2D eigenvalue weighted by Gasteiger charge is -2.16. The van der Waals surface area contributed by atoms with Crippen molar-refractivity contribution >= 4 is 11.8 Å². The van der Waals surface area contributed by atoms with Crippen molar-refractivity contribution in [3.8, 4) is 0 Å². The van der Waals surface area contributed by atoms with Crippen LogP contribution in [0.15, 0.2) is 6.07 Å². The van der Waals surface area contributed by atoms with E-state index in [-0.39, 0.29) is 0 Å². The molecule has 4 nitrogen and oxygen atoms in total. The maximum Gasteiger partial charge on any atom is 0.339 e. The molecule has 0 amide bonds. The number of carboxylic acid groups (broad SMARTS) is 1. The zero-order valence-corrected chi connectivity index (χ0v) is 10.6. The third-order valence-electron chi connectivity index (χ3n) is 3.97.